The van der Waals surface area contributed by atoms with Crippen molar-refractivity contribution in [3.8, 4) is 18.2 Å². The lowest BCUT2D eigenvalue weighted by molar-refractivity contribution is 0.0659. The van der Waals surface area contributed by atoms with Crippen molar-refractivity contribution in [3.63, 3.8) is 0 Å². The van der Waals surface area contributed by atoms with Crippen LogP contribution in [-0.4, -0.2) is 13.1 Å². The Labute approximate surface area is 277 Å². The van der Waals surface area contributed by atoms with Crippen molar-refractivity contribution < 1.29 is 26.7 Å². The number of hydrogen-bond acceptors (Lipinski definition) is 5. The topological polar surface area (TPSA) is 83.8 Å². The van der Waals surface area contributed by atoms with Gasteiger partial charge in [-0.05, 0) is 67.9 Å². The molecule has 246 valence electrons. The summed E-state index contributed by atoms with van der Waals surface area (Å²) in [4.78, 5) is 2.26. The Morgan fingerprint density at radius 1 is 0.833 bits per heavy atom. The van der Waals surface area contributed by atoms with Crippen LogP contribution in [0.2, 0.25) is 0 Å². The minimum absolute atomic E-state index is 0.136. The van der Waals surface area contributed by atoms with E-state index in [9.17, 15) is 29.0 Å². The third-order valence-electron chi connectivity index (χ3n) is 8.39. The van der Waals surface area contributed by atoms with Gasteiger partial charge in [-0.3, -0.25) is 0 Å². The minimum Gasteiger partial charge on any atom is -0.474 e. The smallest absolute Gasteiger partial charge is 0.200 e. The Balaban J connectivity index is 1.77. The van der Waals surface area contributed by atoms with Crippen molar-refractivity contribution in [1.29, 1.82) is 15.8 Å². The number of ether oxygens (including phenoxy) is 1. The summed E-state index contributed by atoms with van der Waals surface area (Å²) in [5.41, 5.74) is -1.33. The average Bonchev–Trinajstić information content (AvgIpc) is 3.34. The van der Waals surface area contributed by atoms with E-state index in [4.69, 9.17) is 4.74 Å². The van der Waals surface area contributed by atoms with E-state index in [1.807, 2.05) is 18.2 Å². The lowest BCUT2D eigenvalue weighted by atomic mass is 9.75. The van der Waals surface area contributed by atoms with E-state index in [1.54, 1.807) is 24.3 Å². The molecule has 0 spiro atoms. The Hall–Kier alpha value is -5.40. The van der Waals surface area contributed by atoms with Crippen molar-refractivity contribution in [2.45, 2.75) is 53.1 Å². The Morgan fingerprint density at radius 3 is 1.96 bits per heavy atom. The van der Waals surface area contributed by atoms with Crippen LogP contribution in [0.15, 0.2) is 88.3 Å². The monoisotopic (exact) mass is 656 g/mol. The zero-order valence-corrected chi connectivity index (χ0v) is 27.2. The molecule has 0 aromatic heterocycles. The first-order chi connectivity index (χ1) is 22.7. The lowest BCUT2D eigenvalue weighted by Gasteiger charge is -2.30. The minimum atomic E-state index is -2.46. The summed E-state index contributed by atoms with van der Waals surface area (Å²) in [7, 11) is 0. The fourth-order valence-electron chi connectivity index (χ4n) is 6.11. The SMILES string of the molecule is CCN(CC)c1ccc(/C=C/C2=CC(=C\C=C/C3=C(C#N)C(=C(C#N)C#N)OC3(C)c3c(F)c(F)c(F)c(F)c3F)/CC(C)(C)C2)cc1. The number of anilines is 1. The number of hydrogen-bond donors (Lipinski definition) is 0. The van der Waals surface area contributed by atoms with Crippen molar-refractivity contribution >= 4 is 11.8 Å². The zero-order chi connectivity index (χ0) is 35.4. The van der Waals surface area contributed by atoms with Crippen LogP contribution in [0.5, 0.6) is 0 Å². The van der Waals surface area contributed by atoms with E-state index in [-0.39, 0.29) is 11.0 Å². The second-order valence-electron chi connectivity index (χ2n) is 12.3. The molecule has 1 atom stereocenters. The number of rotatable bonds is 8. The van der Waals surface area contributed by atoms with Crippen LogP contribution < -0.4 is 4.90 Å². The highest BCUT2D eigenvalue weighted by molar-refractivity contribution is 5.63. The highest BCUT2D eigenvalue weighted by Crippen LogP contribution is 2.49. The molecule has 48 heavy (non-hydrogen) atoms. The largest absolute Gasteiger partial charge is 0.474 e. The molecule has 1 unspecified atom stereocenters. The molecule has 0 saturated carbocycles. The third kappa shape index (κ3) is 6.82. The van der Waals surface area contributed by atoms with Gasteiger partial charge >= 0.3 is 0 Å². The third-order valence-corrected chi connectivity index (χ3v) is 8.39. The molecular formula is C38H33F5N4O. The van der Waals surface area contributed by atoms with E-state index in [0.29, 0.717) is 6.42 Å². The van der Waals surface area contributed by atoms with Crippen molar-refractivity contribution in [2.24, 2.45) is 5.41 Å². The maximum atomic E-state index is 15.1. The number of nitriles is 3. The van der Waals surface area contributed by atoms with Crippen LogP contribution in [0.3, 0.4) is 0 Å². The van der Waals surface area contributed by atoms with Gasteiger partial charge in [0.05, 0.1) is 5.56 Å². The predicted octanol–water partition coefficient (Wildman–Crippen LogP) is 9.54. The van der Waals surface area contributed by atoms with Gasteiger partial charge < -0.3 is 9.64 Å². The molecule has 2 aromatic carbocycles. The molecule has 0 radical (unpaired) electrons. The number of benzene rings is 2. The Kier molecular flexibility index (Phi) is 10.5. The van der Waals surface area contributed by atoms with Gasteiger partial charge in [-0.25, -0.2) is 22.0 Å². The summed E-state index contributed by atoms with van der Waals surface area (Å²) in [6.45, 7) is 11.3. The average molecular weight is 657 g/mol. The molecule has 0 fully saturated rings. The zero-order valence-electron chi connectivity index (χ0n) is 27.2. The molecule has 2 aliphatic rings. The molecule has 1 aliphatic carbocycles. The molecular weight excluding hydrogens is 623 g/mol. The highest BCUT2D eigenvalue weighted by atomic mass is 19.2. The first kappa shape index (κ1) is 35.5. The summed E-state index contributed by atoms with van der Waals surface area (Å²) < 4.78 is 78.4. The van der Waals surface area contributed by atoms with E-state index in [0.717, 1.165) is 48.8 Å². The van der Waals surface area contributed by atoms with Crippen molar-refractivity contribution in [1.82, 2.24) is 0 Å². The van der Waals surface area contributed by atoms with Gasteiger partial charge in [0.1, 0.15) is 23.8 Å². The van der Waals surface area contributed by atoms with Gasteiger partial charge in [0, 0.05) is 24.4 Å². The number of halogens is 5. The maximum absolute atomic E-state index is 15.1. The predicted molar refractivity (Wildman–Crippen MR) is 173 cm³/mol. The highest BCUT2D eigenvalue weighted by Gasteiger charge is 2.49. The van der Waals surface area contributed by atoms with Gasteiger partial charge in [-0.15, -0.1) is 0 Å². The normalized spacial score (nSPS) is 19.7. The second kappa shape index (κ2) is 14.2. The van der Waals surface area contributed by atoms with E-state index in [1.165, 1.54) is 12.2 Å². The van der Waals surface area contributed by atoms with Crippen LogP contribution in [0.25, 0.3) is 6.08 Å². The summed E-state index contributed by atoms with van der Waals surface area (Å²) in [6.07, 6.45) is 11.9. The maximum Gasteiger partial charge on any atom is 0.200 e. The van der Waals surface area contributed by atoms with Crippen molar-refractivity contribution in [2.75, 3.05) is 18.0 Å². The second-order valence-corrected chi connectivity index (χ2v) is 12.3. The Morgan fingerprint density at radius 2 is 1.42 bits per heavy atom. The number of nitrogens with zero attached hydrogens (tertiary/aromatic N) is 4. The summed E-state index contributed by atoms with van der Waals surface area (Å²) in [5.74, 6) is -11.7. The summed E-state index contributed by atoms with van der Waals surface area (Å²) in [6, 6.07) is 13.1. The fourth-order valence-corrected chi connectivity index (χ4v) is 6.11. The standard InChI is InChI=1S/C38H33F5N4O/c1-6-47(7-2)27-15-13-23(14-16-27)11-12-25-17-24(18-37(3,4)19-25)9-8-10-29-28(22-46)36(26(20-44)21-45)48-38(29,5)30-31(39)33(41)35(43)34(42)32(30)40/h8-17H,6-7,18-19H2,1-5H3/b10-8-,12-11+,24-9+. The van der Waals surface area contributed by atoms with Gasteiger partial charge in [0.25, 0.3) is 0 Å². The summed E-state index contributed by atoms with van der Waals surface area (Å²) >= 11 is 0. The molecule has 1 aliphatic heterocycles. The lowest BCUT2D eigenvalue weighted by Crippen LogP contribution is -2.28. The molecule has 1 heterocycles. The van der Waals surface area contributed by atoms with Gasteiger partial charge in [0.2, 0.25) is 5.82 Å². The first-order valence-corrected chi connectivity index (χ1v) is 15.3. The van der Waals surface area contributed by atoms with Gasteiger partial charge in [0.15, 0.2) is 40.2 Å². The summed E-state index contributed by atoms with van der Waals surface area (Å²) in [5, 5.41) is 28.9. The quantitative estimate of drug-likeness (QED) is 0.122. The van der Waals surface area contributed by atoms with E-state index in [2.05, 4.69) is 56.9 Å². The van der Waals surface area contributed by atoms with E-state index < -0.39 is 57.2 Å². The molecule has 4 rings (SSSR count). The van der Waals surface area contributed by atoms with Gasteiger partial charge in [-0.2, -0.15) is 15.8 Å². The first-order valence-electron chi connectivity index (χ1n) is 15.3. The van der Waals surface area contributed by atoms with Crippen LogP contribution >= 0.6 is 0 Å². The van der Waals surface area contributed by atoms with Crippen molar-refractivity contribution in [3.05, 3.63) is 128 Å². The molecule has 0 amide bonds. The van der Waals surface area contributed by atoms with Crippen LogP contribution in [0, 0.1) is 68.5 Å². The number of allylic oxidation sites excluding steroid dienone is 8. The molecule has 2 aromatic rings. The molecule has 0 saturated heterocycles. The van der Waals surface area contributed by atoms with E-state index >= 15 is 8.78 Å². The molecule has 5 nitrogen and oxygen atoms in total. The van der Waals surface area contributed by atoms with Crippen LogP contribution in [0.1, 0.15) is 58.6 Å². The fraction of sp³-hybridized carbons (Fsp3) is 0.289. The van der Waals surface area contributed by atoms with Crippen LogP contribution in [0.4, 0.5) is 27.6 Å². The van der Waals surface area contributed by atoms with Gasteiger partial charge in [-0.1, -0.05) is 62.4 Å². The molecule has 0 bridgehead atoms. The molecule has 0 N–H and O–H groups in total. The Bertz CT molecular complexity index is 1900. The van der Waals surface area contributed by atoms with Crippen LogP contribution in [-0.2, 0) is 10.3 Å². The molecule has 10 heteroatoms.